The fourth-order valence-corrected chi connectivity index (χ4v) is 2.97. The molecule has 0 atom stereocenters. The minimum atomic E-state index is -3.49. The molecule has 1 aromatic carbocycles. The first-order valence-corrected chi connectivity index (χ1v) is 9.06. The van der Waals surface area contributed by atoms with E-state index in [0.717, 1.165) is 21.1 Å². The highest BCUT2D eigenvalue weighted by Crippen LogP contribution is 2.30. The maximum atomic E-state index is 12.1. The SMILES string of the molecule is CC(=O)N(CCNS(=O)(=O)N(C)C)c1c(C)cccc1C(C)C. The molecule has 0 saturated carbocycles. The number of carbonyl (C=O) groups excluding carboxylic acids is 1. The van der Waals surface area contributed by atoms with Gasteiger partial charge in [-0.25, -0.2) is 4.72 Å². The topological polar surface area (TPSA) is 69.7 Å². The third-order valence-corrected chi connectivity index (χ3v) is 5.17. The van der Waals surface area contributed by atoms with E-state index in [9.17, 15) is 13.2 Å². The molecule has 0 spiro atoms. The normalized spacial score (nSPS) is 12.0. The van der Waals surface area contributed by atoms with E-state index in [4.69, 9.17) is 0 Å². The molecule has 1 rings (SSSR count). The maximum absolute atomic E-state index is 12.1. The second-order valence-corrected chi connectivity index (χ2v) is 7.99. The van der Waals surface area contributed by atoms with E-state index < -0.39 is 10.2 Å². The number of rotatable bonds is 7. The number of para-hydroxylation sites is 1. The molecule has 1 amide bonds. The van der Waals surface area contributed by atoms with Crippen molar-refractivity contribution in [1.29, 1.82) is 0 Å². The van der Waals surface area contributed by atoms with Crippen LogP contribution in [0.25, 0.3) is 0 Å². The Labute approximate surface area is 139 Å². The van der Waals surface area contributed by atoms with Gasteiger partial charge in [-0.3, -0.25) is 4.79 Å². The Bertz CT molecular complexity index is 655. The van der Waals surface area contributed by atoms with E-state index in [1.165, 1.54) is 21.0 Å². The lowest BCUT2D eigenvalue weighted by Gasteiger charge is -2.27. The van der Waals surface area contributed by atoms with Crippen molar-refractivity contribution >= 4 is 21.8 Å². The molecule has 0 aliphatic heterocycles. The number of anilines is 1. The van der Waals surface area contributed by atoms with Gasteiger partial charge in [0.25, 0.3) is 10.2 Å². The first-order chi connectivity index (χ1) is 10.6. The third-order valence-electron chi connectivity index (χ3n) is 3.64. The largest absolute Gasteiger partial charge is 0.311 e. The molecule has 23 heavy (non-hydrogen) atoms. The molecule has 6 nitrogen and oxygen atoms in total. The van der Waals surface area contributed by atoms with Crippen LogP contribution in [0.1, 0.15) is 37.8 Å². The molecule has 1 N–H and O–H groups in total. The van der Waals surface area contributed by atoms with Crippen LogP contribution < -0.4 is 9.62 Å². The fraction of sp³-hybridized carbons (Fsp3) is 0.562. The summed E-state index contributed by atoms with van der Waals surface area (Å²) < 4.78 is 27.1. The fourth-order valence-electron chi connectivity index (χ4n) is 2.36. The Morgan fingerprint density at radius 1 is 1.26 bits per heavy atom. The minimum absolute atomic E-state index is 0.106. The number of aryl methyl sites for hydroxylation is 1. The molecule has 7 heteroatoms. The van der Waals surface area contributed by atoms with Crippen LogP contribution in [0.4, 0.5) is 5.69 Å². The summed E-state index contributed by atoms with van der Waals surface area (Å²) in [5.41, 5.74) is 2.96. The van der Waals surface area contributed by atoms with Crippen LogP contribution >= 0.6 is 0 Å². The lowest BCUT2D eigenvalue weighted by molar-refractivity contribution is -0.116. The lowest BCUT2D eigenvalue weighted by atomic mass is 9.97. The summed E-state index contributed by atoms with van der Waals surface area (Å²) in [4.78, 5) is 13.7. The summed E-state index contributed by atoms with van der Waals surface area (Å²) in [5.74, 6) is 0.162. The zero-order valence-electron chi connectivity index (χ0n) is 14.8. The van der Waals surface area contributed by atoms with E-state index >= 15 is 0 Å². The van der Waals surface area contributed by atoms with E-state index in [0.29, 0.717) is 0 Å². The monoisotopic (exact) mass is 341 g/mol. The molecular formula is C16H27N3O3S. The Kier molecular flexibility index (Phi) is 6.73. The van der Waals surface area contributed by atoms with Crippen LogP contribution in [-0.4, -0.2) is 45.8 Å². The van der Waals surface area contributed by atoms with E-state index in [1.54, 1.807) is 4.90 Å². The van der Waals surface area contributed by atoms with Crippen molar-refractivity contribution in [1.82, 2.24) is 9.03 Å². The molecule has 0 aromatic heterocycles. The van der Waals surface area contributed by atoms with Gasteiger partial charge in [0.1, 0.15) is 0 Å². The summed E-state index contributed by atoms with van der Waals surface area (Å²) in [6.45, 7) is 8.05. The predicted molar refractivity (Wildman–Crippen MR) is 93.9 cm³/mol. The summed E-state index contributed by atoms with van der Waals surface area (Å²) in [6, 6.07) is 5.94. The van der Waals surface area contributed by atoms with Gasteiger partial charge in [-0.15, -0.1) is 0 Å². The van der Waals surface area contributed by atoms with Gasteiger partial charge in [-0.1, -0.05) is 32.0 Å². The molecule has 0 saturated heterocycles. The predicted octanol–water partition coefficient (Wildman–Crippen LogP) is 1.87. The van der Waals surface area contributed by atoms with Gasteiger partial charge < -0.3 is 4.90 Å². The van der Waals surface area contributed by atoms with Gasteiger partial charge in [0.15, 0.2) is 0 Å². The van der Waals surface area contributed by atoms with Crippen LogP contribution in [0.3, 0.4) is 0 Å². The van der Waals surface area contributed by atoms with Crippen molar-refractivity contribution in [2.75, 3.05) is 32.1 Å². The second kappa shape index (κ2) is 7.90. The van der Waals surface area contributed by atoms with Gasteiger partial charge in [0, 0.05) is 34.1 Å². The van der Waals surface area contributed by atoms with Gasteiger partial charge >= 0.3 is 0 Å². The molecule has 130 valence electrons. The summed E-state index contributed by atoms with van der Waals surface area (Å²) in [6.07, 6.45) is 0. The molecule has 0 heterocycles. The van der Waals surface area contributed by atoms with Crippen LogP contribution in [0.5, 0.6) is 0 Å². The van der Waals surface area contributed by atoms with Crippen LogP contribution in [0.2, 0.25) is 0 Å². The first-order valence-electron chi connectivity index (χ1n) is 7.62. The highest BCUT2D eigenvalue weighted by molar-refractivity contribution is 7.87. The van der Waals surface area contributed by atoms with Crippen LogP contribution in [-0.2, 0) is 15.0 Å². The highest BCUT2D eigenvalue weighted by Gasteiger charge is 2.20. The molecular weight excluding hydrogens is 314 g/mol. The standard InChI is InChI=1S/C16H27N3O3S/c1-12(2)15-9-7-8-13(3)16(15)19(14(4)20)11-10-17-23(21,22)18(5)6/h7-9,12,17H,10-11H2,1-6H3. The first kappa shape index (κ1) is 19.6. The molecule has 0 radical (unpaired) electrons. The molecule has 1 aromatic rings. The Morgan fingerprint density at radius 2 is 1.87 bits per heavy atom. The number of hydrogen-bond acceptors (Lipinski definition) is 3. The molecule has 0 fully saturated rings. The van der Waals surface area contributed by atoms with Crippen molar-refractivity contribution in [2.45, 2.75) is 33.6 Å². The Morgan fingerprint density at radius 3 is 2.35 bits per heavy atom. The van der Waals surface area contributed by atoms with E-state index in [-0.39, 0.29) is 24.9 Å². The number of carbonyl (C=O) groups is 1. The average Bonchev–Trinajstić information content (AvgIpc) is 2.43. The van der Waals surface area contributed by atoms with E-state index in [2.05, 4.69) is 18.6 Å². The van der Waals surface area contributed by atoms with Gasteiger partial charge in [-0.2, -0.15) is 12.7 Å². The van der Waals surface area contributed by atoms with Crippen molar-refractivity contribution < 1.29 is 13.2 Å². The number of nitrogens with zero attached hydrogens (tertiary/aromatic N) is 2. The van der Waals surface area contributed by atoms with Gasteiger partial charge in [-0.05, 0) is 24.0 Å². The lowest BCUT2D eigenvalue weighted by Crippen LogP contribution is -2.42. The molecule has 0 bridgehead atoms. The summed E-state index contributed by atoms with van der Waals surface area (Å²) >= 11 is 0. The van der Waals surface area contributed by atoms with Crippen molar-refractivity contribution in [3.05, 3.63) is 29.3 Å². The number of amides is 1. The minimum Gasteiger partial charge on any atom is -0.311 e. The zero-order valence-corrected chi connectivity index (χ0v) is 15.6. The summed E-state index contributed by atoms with van der Waals surface area (Å²) in [7, 11) is -0.570. The maximum Gasteiger partial charge on any atom is 0.278 e. The van der Waals surface area contributed by atoms with Crippen molar-refractivity contribution in [2.24, 2.45) is 0 Å². The Hall–Kier alpha value is -1.44. The molecule has 0 unspecified atom stereocenters. The van der Waals surface area contributed by atoms with Crippen LogP contribution in [0, 0.1) is 6.92 Å². The van der Waals surface area contributed by atoms with Crippen molar-refractivity contribution in [3.63, 3.8) is 0 Å². The molecule has 0 aliphatic rings. The van der Waals surface area contributed by atoms with Gasteiger partial charge in [0.05, 0.1) is 5.69 Å². The smallest absolute Gasteiger partial charge is 0.278 e. The number of hydrogen-bond donors (Lipinski definition) is 1. The number of benzene rings is 1. The zero-order chi connectivity index (χ0) is 17.8. The highest BCUT2D eigenvalue weighted by atomic mass is 32.2. The summed E-state index contributed by atoms with van der Waals surface area (Å²) in [5, 5.41) is 0. The van der Waals surface area contributed by atoms with Crippen LogP contribution in [0.15, 0.2) is 18.2 Å². The van der Waals surface area contributed by atoms with E-state index in [1.807, 2.05) is 25.1 Å². The quantitative estimate of drug-likeness (QED) is 0.823. The average molecular weight is 341 g/mol. The molecule has 0 aliphatic carbocycles. The number of nitrogens with one attached hydrogen (secondary N) is 1. The second-order valence-electron chi connectivity index (χ2n) is 6.02. The third kappa shape index (κ3) is 5.02. The Balaban J connectivity index is 3.04. The van der Waals surface area contributed by atoms with Crippen molar-refractivity contribution in [3.8, 4) is 0 Å². The van der Waals surface area contributed by atoms with Gasteiger partial charge in [0.2, 0.25) is 5.91 Å².